The van der Waals surface area contributed by atoms with Crippen molar-refractivity contribution in [3.8, 4) is 0 Å². The first kappa shape index (κ1) is 18.0. The third-order valence-corrected chi connectivity index (χ3v) is 3.92. The molecule has 0 aliphatic heterocycles. The highest BCUT2D eigenvalue weighted by molar-refractivity contribution is 9.10. The highest BCUT2D eigenvalue weighted by Gasteiger charge is 2.07. The Kier molecular flexibility index (Phi) is 6.81. The Morgan fingerprint density at radius 1 is 1.08 bits per heavy atom. The Labute approximate surface area is 149 Å². The summed E-state index contributed by atoms with van der Waals surface area (Å²) in [6.07, 6.45) is 0.334. The lowest BCUT2D eigenvalue weighted by Crippen LogP contribution is -2.16. The SMILES string of the molecule is CCOC(=O)c1ccc(NCCC(=O)Nc2ccccc2Br)cc1. The van der Waals surface area contributed by atoms with Crippen LogP contribution < -0.4 is 10.6 Å². The fourth-order valence-electron chi connectivity index (χ4n) is 2.03. The molecule has 0 fully saturated rings. The van der Waals surface area contributed by atoms with Crippen LogP contribution in [-0.2, 0) is 9.53 Å². The fourth-order valence-corrected chi connectivity index (χ4v) is 2.42. The van der Waals surface area contributed by atoms with Crippen LogP contribution in [0.1, 0.15) is 23.7 Å². The number of ether oxygens (including phenoxy) is 1. The molecule has 1 amide bonds. The topological polar surface area (TPSA) is 67.4 Å². The Balaban J connectivity index is 1.78. The van der Waals surface area contributed by atoms with Crippen LogP contribution in [0.5, 0.6) is 0 Å². The van der Waals surface area contributed by atoms with Crippen molar-refractivity contribution in [1.29, 1.82) is 0 Å². The Bertz CT molecular complexity index is 702. The third-order valence-electron chi connectivity index (χ3n) is 3.23. The first-order valence-electron chi connectivity index (χ1n) is 7.65. The molecule has 126 valence electrons. The molecule has 0 bridgehead atoms. The van der Waals surface area contributed by atoms with Gasteiger partial charge in [0.25, 0.3) is 0 Å². The number of rotatable bonds is 7. The lowest BCUT2D eigenvalue weighted by molar-refractivity contribution is -0.115. The summed E-state index contributed by atoms with van der Waals surface area (Å²) in [5.74, 6) is -0.408. The third kappa shape index (κ3) is 5.38. The number of carbonyl (C=O) groups excluding carboxylic acids is 2. The minimum absolute atomic E-state index is 0.0717. The summed E-state index contributed by atoms with van der Waals surface area (Å²) in [6.45, 7) is 2.62. The van der Waals surface area contributed by atoms with Crippen molar-refractivity contribution in [3.63, 3.8) is 0 Å². The monoisotopic (exact) mass is 390 g/mol. The van der Waals surface area contributed by atoms with E-state index in [0.29, 0.717) is 25.1 Å². The molecular weight excluding hydrogens is 372 g/mol. The molecule has 0 atom stereocenters. The molecule has 24 heavy (non-hydrogen) atoms. The summed E-state index contributed by atoms with van der Waals surface area (Å²) in [6, 6.07) is 14.4. The zero-order chi connectivity index (χ0) is 17.4. The van der Waals surface area contributed by atoms with E-state index < -0.39 is 0 Å². The predicted octanol–water partition coefficient (Wildman–Crippen LogP) is 4.07. The number of halogens is 1. The van der Waals surface area contributed by atoms with Crippen molar-refractivity contribution in [2.75, 3.05) is 23.8 Å². The lowest BCUT2D eigenvalue weighted by Gasteiger charge is -2.09. The molecule has 2 rings (SSSR count). The Hall–Kier alpha value is -2.34. The van der Waals surface area contributed by atoms with E-state index in [1.807, 2.05) is 24.3 Å². The van der Waals surface area contributed by atoms with Gasteiger partial charge >= 0.3 is 5.97 Å². The maximum Gasteiger partial charge on any atom is 0.338 e. The van der Waals surface area contributed by atoms with Gasteiger partial charge in [-0.1, -0.05) is 12.1 Å². The van der Waals surface area contributed by atoms with Gasteiger partial charge in [-0.05, 0) is 59.3 Å². The molecule has 0 aliphatic carbocycles. The fraction of sp³-hybridized carbons (Fsp3) is 0.222. The number of anilines is 2. The van der Waals surface area contributed by atoms with E-state index in [1.54, 1.807) is 31.2 Å². The van der Waals surface area contributed by atoms with Crippen molar-refractivity contribution in [2.24, 2.45) is 0 Å². The molecule has 6 heteroatoms. The predicted molar refractivity (Wildman–Crippen MR) is 98.3 cm³/mol. The number of benzene rings is 2. The molecule has 0 radical (unpaired) electrons. The van der Waals surface area contributed by atoms with Gasteiger partial charge in [0.2, 0.25) is 5.91 Å². The second kappa shape index (κ2) is 9.08. The average Bonchev–Trinajstić information content (AvgIpc) is 2.58. The maximum atomic E-state index is 11.9. The minimum atomic E-state index is -0.336. The van der Waals surface area contributed by atoms with Crippen LogP contribution in [0, 0.1) is 0 Å². The zero-order valence-electron chi connectivity index (χ0n) is 13.3. The molecular formula is C18H19BrN2O3. The lowest BCUT2D eigenvalue weighted by atomic mass is 10.2. The Morgan fingerprint density at radius 3 is 2.46 bits per heavy atom. The molecule has 2 aromatic carbocycles. The van der Waals surface area contributed by atoms with Gasteiger partial charge in [0, 0.05) is 23.1 Å². The number of esters is 1. The van der Waals surface area contributed by atoms with E-state index >= 15 is 0 Å². The second-order valence-electron chi connectivity index (χ2n) is 5.00. The van der Waals surface area contributed by atoms with Gasteiger partial charge in [0.15, 0.2) is 0 Å². The van der Waals surface area contributed by atoms with Crippen LogP contribution in [0.25, 0.3) is 0 Å². The van der Waals surface area contributed by atoms with Crippen molar-refractivity contribution in [3.05, 3.63) is 58.6 Å². The smallest absolute Gasteiger partial charge is 0.338 e. The molecule has 0 heterocycles. The summed E-state index contributed by atoms with van der Waals surface area (Å²) >= 11 is 3.39. The van der Waals surface area contributed by atoms with E-state index in [4.69, 9.17) is 4.74 Å². The number of amides is 1. The summed E-state index contributed by atoms with van der Waals surface area (Å²) in [4.78, 5) is 23.5. The van der Waals surface area contributed by atoms with Crippen molar-refractivity contribution in [1.82, 2.24) is 0 Å². The van der Waals surface area contributed by atoms with Gasteiger partial charge in [-0.2, -0.15) is 0 Å². The second-order valence-corrected chi connectivity index (χ2v) is 5.86. The van der Waals surface area contributed by atoms with Crippen molar-refractivity contribution < 1.29 is 14.3 Å². The minimum Gasteiger partial charge on any atom is -0.462 e. The maximum absolute atomic E-state index is 11.9. The van der Waals surface area contributed by atoms with E-state index in [9.17, 15) is 9.59 Å². The molecule has 0 saturated carbocycles. The zero-order valence-corrected chi connectivity index (χ0v) is 14.9. The first-order valence-corrected chi connectivity index (χ1v) is 8.45. The first-order chi connectivity index (χ1) is 11.6. The molecule has 0 saturated heterocycles. The molecule has 0 aliphatic rings. The van der Waals surface area contributed by atoms with Crippen LogP contribution in [-0.4, -0.2) is 25.0 Å². The number of hydrogen-bond acceptors (Lipinski definition) is 4. The van der Waals surface area contributed by atoms with Crippen LogP contribution in [0.2, 0.25) is 0 Å². The molecule has 2 N–H and O–H groups in total. The van der Waals surface area contributed by atoms with Crippen LogP contribution in [0.4, 0.5) is 11.4 Å². The average molecular weight is 391 g/mol. The molecule has 0 spiro atoms. The number of para-hydroxylation sites is 1. The number of carbonyl (C=O) groups is 2. The summed E-state index contributed by atoms with van der Waals surface area (Å²) in [7, 11) is 0. The molecule has 5 nitrogen and oxygen atoms in total. The summed E-state index contributed by atoms with van der Waals surface area (Å²) in [5.41, 5.74) is 2.10. The largest absolute Gasteiger partial charge is 0.462 e. The quantitative estimate of drug-likeness (QED) is 0.699. The van der Waals surface area contributed by atoms with Crippen LogP contribution in [0.3, 0.4) is 0 Å². The summed E-state index contributed by atoms with van der Waals surface area (Å²) < 4.78 is 5.78. The highest BCUT2D eigenvalue weighted by Crippen LogP contribution is 2.21. The van der Waals surface area contributed by atoms with Crippen LogP contribution >= 0.6 is 15.9 Å². The number of nitrogens with one attached hydrogen (secondary N) is 2. The standard InChI is InChI=1S/C18H19BrN2O3/c1-2-24-18(23)13-7-9-14(10-8-13)20-12-11-17(22)21-16-6-4-3-5-15(16)19/h3-10,20H,2,11-12H2,1H3,(H,21,22). The number of hydrogen-bond donors (Lipinski definition) is 2. The molecule has 0 aromatic heterocycles. The highest BCUT2D eigenvalue weighted by atomic mass is 79.9. The van der Waals surface area contributed by atoms with Gasteiger partial charge in [-0.25, -0.2) is 4.79 Å². The van der Waals surface area contributed by atoms with Gasteiger partial charge in [-0.15, -0.1) is 0 Å². The molecule has 2 aromatic rings. The van der Waals surface area contributed by atoms with E-state index in [-0.39, 0.29) is 11.9 Å². The summed E-state index contributed by atoms with van der Waals surface area (Å²) in [5, 5.41) is 6.00. The van der Waals surface area contributed by atoms with E-state index in [1.165, 1.54) is 0 Å². The van der Waals surface area contributed by atoms with Gasteiger partial charge in [0.05, 0.1) is 17.9 Å². The van der Waals surface area contributed by atoms with Crippen molar-refractivity contribution >= 4 is 39.2 Å². The van der Waals surface area contributed by atoms with E-state index in [2.05, 4.69) is 26.6 Å². The van der Waals surface area contributed by atoms with E-state index in [0.717, 1.165) is 15.8 Å². The van der Waals surface area contributed by atoms with Crippen LogP contribution in [0.15, 0.2) is 53.0 Å². The van der Waals surface area contributed by atoms with Gasteiger partial charge < -0.3 is 15.4 Å². The molecule has 0 unspecified atom stereocenters. The van der Waals surface area contributed by atoms with Gasteiger partial charge in [0.1, 0.15) is 0 Å². The van der Waals surface area contributed by atoms with Crippen molar-refractivity contribution in [2.45, 2.75) is 13.3 Å². The Morgan fingerprint density at radius 2 is 1.79 bits per heavy atom. The normalized spacial score (nSPS) is 10.1. The van der Waals surface area contributed by atoms with Gasteiger partial charge in [-0.3, -0.25) is 4.79 Å².